The number of nitrogens with zero attached hydrogens (tertiary/aromatic N) is 2. The van der Waals surface area contributed by atoms with E-state index in [1.807, 2.05) is 42.5 Å². The first-order valence-corrected chi connectivity index (χ1v) is 6.83. The van der Waals surface area contributed by atoms with Gasteiger partial charge in [-0.1, -0.05) is 48.9 Å². The van der Waals surface area contributed by atoms with Gasteiger partial charge in [0.25, 0.3) is 0 Å². The molecule has 0 saturated carbocycles. The SMILES string of the molecule is CCc1cccc(Oc2nnc(Cl)c3ccccc23)c1. The van der Waals surface area contributed by atoms with Gasteiger partial charge < -0.3 is 4.74 Å². The Hall–Kier alpha value is -2.13. The number of benzene rings is 2. The van der Waals surface area contributed by atoms with Crippen molar-refractivity contribution in [2.75, 3.05) is 0 Å². The second-order valence-corrected chi connectivity index (χ2v) is 4.80. The quantitative estimate of drug-likeness (QED) is 0.703. The molecule has 0 atom stereocenters. The van der Waals surface area contributed by atoms with Gasteiger partial charge >= 0.3 is 0 Å². The monoisotopic (exact) mass is 284 g/mol. The Morgan fingerprint density at radius 2 is 1.80 bits per heavy atom. The van der Waals surface area contributed by atoms with Crippen molar-refractivity contribution in [1.29, 1.82) is 0 Å². The van der Waals surface area contributed by atoms with Crippen LogP contribution in [0.2, 0.25) is 5.15 Å². The third-order valence-electron chi connectivity index (χ3n) is 3.13. The summed E-state index contributed by atoms with van der Waals surface area (Å²) in [5.41, 5.74) is 1.22. The minimum atomic E-state index is 0.384. The highest BCUT2D eigenvalue weighted by Crippen LogP contribution is 2.30. The Labute approximate surface area is 122 Å². The van der Waals surface area contributed by atoms with Crippen LogP contribution in [0.3, 0.4) is 0 Å². The lowest BCUT2D eigenvalue weighted by molar-refractivity contribution is 0.461. The average molecular weight is 285 g/mol. The maximum atomic E-state index is 6.05. The number of aryl methyl sites for hydroxylation is 1. The fraction of sp³-hybridized carbons (Fsp3) is 0.125. The zero-order valence-corrected chi connectivity index (χ0v) is 11.8. The molecule has 0 N–H and O–H groups in total. The van der Waals surface area contributed by atoms with Gasteiger partial charge in [-0.25, -0.2) is 0 Å². The van der Waals surface area contributed by atoms with Gasteiger partial charge in [0, 0.05) is 10.8 Å². The van der Waals surface area contributed by atoms with E-state index in [1.165, 1.54) is 5.56 Å². The van der Waals surface area contributed by atoms with Gasteiger partial charge in [-0.3, -0.25) is 0 Å². The third-order valence-corrected chi connectivity index (χ3v) is 3.41. The molecule has 20 heavy (non-hydrogen) atoms. The first kappa shape index (κ1) is 12.9. The smallest absolute Gasteiger partial charge is 0.246 e. The molecule has 3 aromatic rings. The third kappa shape index (κ3) is 2.45. The second kappa shape index (κ2) is 5.47. The van der Waals surface area contributed by atoms with Crippen molar-refractivity contribution in [3.63, 3.8) is 0 Å². The van der Waals surface area contributed by atoms with Crippen LogP contribution in [0, 0.1) is 0 Å². The summed E-state index contributed by atoms with van der Waals surface area (Å²) in [7, 11) is 0. The zero-order valence-electron chi connectivity index (χ0n) is 11.0. The van der Waals surface area contributed by atoms with Crippen LogP contribution < -0.4 is 4.74 Å². The van der Waals surface area contributed by atoms with E-state index in [-0.39, 0.29) is 0 Å². The van der Waals surface area contributed by atoms with Crippen molar-refractivity contribution in [2.45, 2.75) is 13.3 Å². The number of halogens is 1. The van der Waals surface area contributed by atoms with Gasteiger partial charge in [0.05, 0.1) is 0 Å². The summed E-state index contributed by atoms with van der Waals surface area (Å²) in [6.07, 6.45) is 0.963. The molecule has 0 aliphatic rings. The molecule has 0 saturated heterocycles. The summed E-state index contributed by atoms with van der Waals surface area (Å²) >= 11 is 6.05. The summed E-state index contributed by atoms with van der Waals surface area (Å²) in [5.74, 6) is 1.23. The van der Waals surface area contributed by atoms with Crippen molar-refractivity contribution >= 4 is 22.4 Å². The topological polar surface area (TPSA) is 35.0 Å². The van der Waals surface area contributed by atoms with Crippen LogP contribution in [0.4, 0.5) is 0 Å². The van der Waals surface area contributed by atoms with Gasteiger partial charge in [-0.15, -0.1) is 10.2 Å². The lowest BCUT2D eigenvalue weighted by Crippen LogP contribution is -1.93. The van der Waals surface area contributed by atoms with Crippen LogP contribution in [0.5, 0.6) is 11.6 Å². The van der Waals surface area contributed by atoms with Crippen LogP contribution in [-0.4, -0.2) is 10.2 Å². The Morgan fingerprint density at radius 1 is 1.00 bits per heavy atom. The molecule has 0 radical (unpaired) electrons. The van der Waals surface area contributed by atoms with E-state index >= 15 is 0 Å². The fourth-order valence-corrected chi connectivity index (χ4v) is 2.27. The van der Waals surface area contributed by atoms with Gasteiger partial charge in [0.2, 0.25) is 5.88 Å². The van der Waals surface area contributed by atoms with Crippen molar-refractivity contribution in [3.8, 4) is 11.6 Å². The van der Waals surface area contributed by atoms with Crippen LogP contribution in [0.1, 0.15) is 12.5 Å². The van der Waals surface area contributed by atoms with Gasteiger partial charge in [-0.05, 0) is 30.2 Å². The predicted molar refractivity (Wildman–Crippen MR) is 80.4 cm³/mol. The van der Waals surface area contributed by atoms with Crippen molar-refractivity contribution < 1.29 is 4.74 Å². The molecule has 2 aromatic carbocycles. The number of rotatable bonds is 3. The lowest BCUT2D eigenvalue weighted by atomic mass is 10.1. The number of aromatic nitrogens is 2. The largest absolute Gasteiger partial charge is 0.437 e. The minimum Gasteiger partial charge on any atom is -0.437 e. The molecule has 3 nitrogen and oxygen atoms in total. The first-order chi connectivity index (χ1) is 9.78. The molecule has 0 bridgehead atoms. The zero-order chi connectivity index (χ0) is 13.9. The van der Waals surface area contributed by atoms with Crippen molar-refractivity contribution in [2.24, 2.45) is 0 Å². The van der Waals surface area contributed by atoms with E-state index in [4.69, 9.17) is 16.3 Å². The normalized spacial score (nSPS) is 10.7. The first-order valence-electron chi connectivity index (χ1n) is 6.45. The van der Waals surface area contributed by atoms with Gasteiger partial charge in [0.15, 0.2) is 5.15 Å². The molecule has 1 heterocycles. The van der Waals surface area contributed by atoms with Crippen LogP contribution in [-0.2, 0) is 6.42 Å². The summed E-state index contributed by atoms with van der Waals surface area (Å²) in [5, 5.41) is 10.1. The number of hydrogen-bond acceptors (Lipinski definition) is 3. The molecule has 0 amide bonds. The minimum absolute atomic E-state index is 0.384. The van der Waals surface area contributed by atoms with E-state index < -0.39 is 0 Å². The summed E-state index contributed by atoms with van der Waals surface area (Å²) in [6.45, 7) is 2.11. The molecule has 1 aromatic heterocycles. The molecule has 0 unspecified atom stereocenters. The fourth-order valence-electron chi connectivity index (χ4n) is 2.06. The highest BCUT2D eigenvalue weighted by molar-refractivity contribution is 6.34. The number of ether oxygens (including phenoxy) is 1. The van der Waals surface area contributed by atoms with Crippen LogP contribution in [0.15, 0.2) is 48.5 Å². The van der Waals surface area contributed by atoms with E-state index in [9.17, 15) is 0 Å². The molecule has 0 spiro atoms. The molecule has 0 aliphatic heterocycles. The van der Waals surface area contributed by atoms with E-state index in [1.54, 1.807) is 0 Å². The Bertz CT molecular complexity index is 758. The van der Waals surface area contributed by atoms with Crippen LogP contribution >= 0.6 is 11.6 Å². The summed E-state index contributed by atoms with van der Waals surface area (Å²) < 4.78 is 5.86. The highest BCUT2D eigenvalue weighted by atomic mass is 35.5. The summed E-state index contributed by atoms with van der Waals surface area (Å²) in [6, 6.07) is 15.6. The lowest BCUT2D eigenvalue weighted by Gasteiger charge is -2.08. The predicted octanol–water partition coefficient (Wildman–Crippen LogP) is 4.64. The standard InChI is InChI=1S/C16H13ClN2O/c1-2-11-6-5-7-12(10-11)20-16-14-9-4-3-8-13(14)15(17)18-19-16/h3-10H,2H2,1H3. The molecular weight excluding hydrogens is 272 g/mol. The Kier molecular flexibility index (Phi) is 3.52. The van der Waals surface area contributed by atoms with E-state index in [0.717, 1.165) is 22.9 Å². The second-order valence-electron chi connectivity index (χ2n) is 4.44. The van der Waals surface area contributed by atoms with Crippen molar-refractivity contribution in [1.82, 2.24) is 10.2 Å². The molecule has 4 heteroatoms. The maximum Gasteiger partial charge on any atom is 0.246 e. The number of hydrogen-bond donors (Lipinski definition) is 0. The number of fused-ring (bicyclic) bond motifs is 1. The van der Waals surface area contributed by atoms with Gasteiger partial charge in [-0.2, -0.15) is 0 Å². The average Bonchev–Trinajstić information content (AvgIpc) is 2.51. The molecule has 100 valence electrons. The molecule has 0 aliphatic carbocycles. The highest BCUT2D eigenvalue weighted by Gasteiger charge is 2.09. The van der Waals surface area contributed by atoms with Crippen molar-refractivity contribution in [3.05, 3.63) is 59.2 Å². The summed E-state index contributed by atoms with van der Waals surface area (Å²) in [4.78, 5) is 0. The molecule has 0 fully saturated rings. The van der Waals surface area contributed by atoms with E-state index in [0.29, 0.717) is 11.0 Å². The Balaban J connectivity index is 2.04. The molecular formula is C16H13ClN2O. The maximum absolute atomic E-state index is 6.05. The van der Waals surface area contributed by atoms with E-state index in [2.05, 4.69) is 23.2 Å². The van der Waals surface area contributed by atoms with Crippen LogP contribution in [0.25, 0.3) is 10.8 Å². The Morgan fingerprint density at radius 3 is 2.60 bits per heavy atom. The van der Waals surface area contributed by atoms with Gasteiger partial charge in [0.1, 0.15) is 5.75 Å². The molecule has 3 rings (SSSR count).